The third-order valence-electron chi connectivity index (χ3n) is 7.80. The van der Waals surface area contributed by atoms with Crippen molar-refractivity contribution in [1.82, 2.24) is 24.3 Å². The number of aromatic nitrogens is 5. The van der Waals surface area contributed by atoms with Crippen LogP contribution < -0.4 is 20.9 Å². The lowest BCUT2D eigenvalue weighted by molar-refractivity contribution is 0.262. The van der Waals surface area contributed by atoms with Crippen LogP contribution in [0.5, 0.6) is 5.75 Å². The number of aryl methyl sites for hydroxylation is 2. The van der Waals surface area contributed by atoms with E-state index in [1.165, 1.54) is 10.9 Å². The molecule has 5 rings (SSSR count). The average Bonchev–Trinajstić information content (AvgIpc) is 3.57. The summed E-state index contributed by atoms with van der Waals surface area (Å²) < 4.78 is 9.33. The first kappa shape index (κ1) is 32.4. The predicted molar refractivity (Wildman–Crippen MR) is 181 cm³/mol. The molecule has 2 aromatic carbocycles. The van der Waals surface area contributed by atoms with Gasteiger partial charge in [0.15, 0.2) is 0 Å². The minimum absolute atomic E-state index is 0.0912. The van der Waals surface area contributed by atoms with E-state index in [4.69, 9.17) is 4.74 Å². The van der Waals surface area contributed by atoms with Crippen molar-refractivity contribution in [2.45, 2.75) is 65.5 Å². The lowest BCUT2D eigenvalue weighted by Gasteiger charge is -2.22. The number of benzene rings is 2. The number of amides is 2. The minimum Gasteiger partial charge on any atom is -0.494 e. The van der Waals surface area contributed by atoms with E-state index >= 15 is 0 Å². The van der Waals surface area contributed by atoms with Gasteiger partial charge >= 0.3 is 6.03 Å². The van der Waals surface area contributed by atoms with E-state index in [1.54, 1.807) is 23.3 Å². The maximum absolute atomic E-state index is 14.2. The number of carbonyl (C=O) groups is 1. The number of urea groups is 1. The van der Waals surface area contributed by atoms with Gasteiger partial charge in [0.2, 0.25) is 0 Å². The van der Waals surface area contributed by atoms with Gasteiger partial charge in [-0.15, -0.1) is 0 Å². The van der Waals surface area contributed by atoms with Gasteiger partial charge in [-0.05, 0) is 59.2 Å². The highest BCUT2D eigenvalue weighted by atomic mass is 16.5. The Bertz CT molecular complexity index is 1820. The van der Waals surface area contributed by atoms with Crippen molar-refractivity contribution in [3.8, 4) is 16.9 Å². The molecule has 0 aliphatic carbocycles. The van der Waals surface area contributed by atoms with Gasteiger partial charge in [-0.1, -0.05) is 58.0 Å². The van der Waals surface area contributed by atoms with E-state index in [0.29, 0.717) is 47.5 Å². The number of pyridine rings is 2. The number of carbonyl (C=O) groups excluding carboxylic acids is 1. The summed E-state index contributed by atoms with van der Waals surface area (Å²) in [6.07, 6.45) is 5.88. The fraction of sp³-hybridized carbons (Fsp3) is 0.343. The molecule has 3 N–H and O–H groups in total. The lowest BCUT2D eigenvalue weighted by atomic mass is 9.93. The number of aliphatic hydroxyl groups excluding tert-OH is 1. The Hall–Kier alpha value is -5.03. The van der Waals surface area contributed by atoms with Gasteiger partial charge < -0.3 is 20.5 Å². The molecule has 0 saturated carbocycles. The summed E-state index contributed by atoms with van der Waals surface area (Å²) in [5.41, 5.74) is 4.18. The molecule has 0 atom stereocenters. The topological polar surface area (TPSA) is 136 Å². The molecule has 46 heavy (non-hydrogen) atoms. The van der Waals surface area contributed by atoms with Crippen LogP contribution in [0.25, 0.3) is 22.2 Å². The van der Waals surface area contributed by atoms with Crippen molar-refractivity contribution in [2.24, 2.45) is 0 Å². The number of anilines is 2. The Morgan fingerprint density at radius 1 is 0.935 bits per heavy atom. The fourth-order valence-corrected chi connectivity index (χ4v) is 5.59. The number of aliphatic hydroxyl groups is 1. The van der Waals surface area contributed by atoms with Crippen molar-refractivity contribution >= 4 is 28.4 Å². The maximum atomic E-state index is 14.2. The Kier molecular flexibility index (Phi) is 10.4. The van der Waals surface area contributed by atoms with Crippen LogP contribution in [0.3, 0.4) is 0 Å². The van der Waals surface area contributed by atoms with Gasteiger partial charge in [-0.2, -0.15) is 5.10 Å². The zero-order valence-corrected chi connectivity index (χ0v) is 26.7. The van der Waals surface area contributed by atoms with Crippen molar-refractivity contribution in [1.29, 1.82) is 0 Å². The number of hydrogen-bond donors (Lipinski definition) is 3. The molecular weight excluding hydrogens is 582 g/mol. The molecule has 0 spiro atoms. The lowest BCUT2D eigenvalue weighted by Crippen LogP contribution is -2.30. The molecule has 3 aromatic heterocycles. The zero-order chi connectivity index (χ0) is 32.6. The Morgan fingerprint density at radius 3 is 2.37 bits per heavy atom. The molecule has 2 amide bonds. The van der Waals surface area contributed by atoms with E-state index in [0.717, 1.165) is 23.2 Å². The summed E-state index contributed by atoms with van der Waals surface area (Å²) in [6, 6.07) is 16.7. The van der Waals surface area contributed by atoms with Gasteiger partial charge in [-0.25, -0.2) is 14.8 Å². The third kappa shape index (κ3) is 7.26. The molecule has 0 bridgehead atoms. The summed E-state index contributed by atoms with van der Waals surface area (Å²) in [4.78, 5) is 36.5. The Labute approximate surface area is 268 Å². The molecule has 3 heterocycles. The third-order valence-corrected chi connectivity index (χ3v) is 7.80. The second-order valence-electron chi connectivity index (χ2n) is 11.7. The number of para-hydroxylation sites is 1. The van der Waals surface area contributed by atoms with E-state index in [-0.39, 0.29) is 30.7 Å². The number of fused-ring (bicyclic) bond motifs is 1. The second kappa shape index (κ2) is 14.8. The Balaban J connectivity index is 1.55. The highest BCUT2D eigenvalue weighted by molar-refractivity contribution is 6.07. The highest BCUT2D eigenvalue weighted by Crippen LogP contribution is 2.36. The monoisotopic (exact) mass is 623 g/mol. The largest absolute Gasteiger partial charge is 0.494 e. The molecule has 0 aliphatic rings. The van der Waals surface area contributed by atoms with Gasteiger partial charge in [0, 0.05) is 49.0 Å². The average molecular weight is 624 g/mol. The molecule has 5 aromatic rings. The predicted octanol–water partition coefficient (Wildman–Crippen LogP) is 6.40. The Morgan fingerprint density at radius 2 is 1.67 bits per heavy atom. The molecule has 11 heteroatoms. The van der Waals surface area contributed by atoms with E-state index in [2.05, 4.69) is 53.4 Å². The highest BCUT2D eigenvalue weighted by Gasteiger charge is 2.23. The standard InChI is InChI=1S/C35H41N7O4/c1-23(2)27-12-6-13-28(24(3)4)31(27)39-35(45)40-32-30(29-14-7-15-37-33(29)42(34(32)44)17-8-18-43)25-10-5-11-26(20-25)46-19-9-16-41-22-36-21-38-41/h5-7,10-15,20-24,43H,8-9,16-19H2,1-4H3,(H2,39,40,45). The normalized spacial score (nSPS) is 11.4. The zero-order valence-electron chi connectivity index (χ0n) is 26.7. The van der Waals surface area contributed by atoms with Gasteiger partial charge in [0.1, 0.15) is 29.7 Å². The van der Waals surface area contributed by atoms with Crippen molar-refractivity contribution < 1.29 is 14.6 Å². The maximum Gasteiger partial charge on any atom is 0.323 e. The van der Waals surface area contributed by atoms with Crippen LogP contribution in [0.2, 0.25) is 0 Å². The first-order valence-corrected chi connectivity index (χ1v) is 15.7. The minimum atomic E-state index is -0.522. The van der Waals surface area contributed by atoms with Gasteiger partial charge in [0.25, 0.3) is 5.56 Å². The fourth-order valence-electron chi connectivity index (χ4n) is 5.59. The molecule has 0 fully saturated rings. The first-order valence-electron chi connectivity index (χ1n) is 15.7. The molecule has 0 radical (unpaired) electrons. The van der Waals surface area contributed by atoms with Crippen LogP contribution in [0.15, 0.2) is 78.2 Å². The second-order valence-corrected chi connectivity index (χ2v) is 11.7. The van der Waals surface area contributed by atoms with Gasteiger partial charge in [0.05, 0.1) is 6.61 Å². The van der Waals surface area contributed by atoms with Crippen LogP contribution in [0, 0.1) is 0 Å². The molecule has 0 aliphatic heterocycles. The quantitative estimate of drug-likeness (QED) is 0.129. The van der Waals surface area contributed by atoms with Crippen molar-refractivity contribution in [3.63, 3.8) is 0 Å². The van der Waals surface area contributed by atoms with Crippen LogP contribution >= 0.6 is 0 Å². The molecule has 0 unspecified atom stereocenters. The summed E-state index contributed by atoms with van der Waals surface area (Å²) in [5, 5.41) is 20.4. The number of nitrogens with zero attached hydrogens (tertiary/aromatic N) is 5. The molecule has 11 nitrogen and oxygen atoms in total. The SMILES string of the molecule is CC(C)c1cccc(C(C)C)c1NC(=O)Nc1c(-c2cccc(OCCCn3cncn3)c2)c2cccnc2n(CCCO)c1=O. The van der Waals surface area contributed by atoms with Crippen LogP contribution in [0.4, 0.5) is 16.2 Å². The molecule has 0 saturated heterocycles. The summed E-state index contributed by atoms with van der Waals surface area (Å²) in [6.45, 7) is 9.61. The summed E-state index contributed by atoms with van der Waals surface area (Å²) in [5.74, 6) is 0.970. The van der Waals surface area contributed by atoms with Crippen LogP contribution in [-0.2, 0) is 13.1 Å². The summed E-state index contributed by atoms with van der Waals surface area (Å²) >= 11 is 0. The molecular formula is C35H41N7O4. The number of rotatable bonds is 13. The van der Waals surface area contributed by atoms with Crippen molar-refractivity contribution in [2.75, 3.05) is 23.8 Å². The van der Waals surface area contributed by atoms with Crippen molar-refractivity contribution in [3.05, 3.63) is 94.9 Å². The van der Waals surface area contributed by atoms with Gasteiger partial charge in [-0.3, -0.25) is 14.0 Å². The van der Waals surface area contributed by atoms with E-state index in [9.17, 15) is 14.7 Å². The van der Waals surface area contributed by atoms with E-state index in [1.807, 2.05) is 48.5 Å². The number of hydrogen-bond acceptors (Lipinski definition) is 7. The first-order chi connectivity index (χ1) is 22.3. The van der Waals surface area contributed by atoms with Crippen LogP contribution in [0.1, 0.15) is 63.5 Å². The smallest absolute Gasteiger partial charge is 0.323 e. The summed E-state index contributed by atoms with van der Waals surface area (Å²) in [7, 11) is 0. The van der Waals surface area contributed by atoms with Crippen LogP contribution in [-0.4, -0.2) is 48.7 Å². The van der Waals surface area contributed by atoms with E-state index < -0.39 is 11.6 Å². The number of ether oxygens (including phenoxy) is 1. The molecule has 240 valence electrons. The number of nitrogens with one attached hydrogen (secondary N) is 2.